The molecule has 0 radical (unpaired) electrons. The lowest BCUT2D eigenvalue weighted by Gasteiger charge is -2.37. The molecule has 128 valence electrons. The second-order valence-electron chi connectivity index (χ2n) is 5.63. The third kappa shape index (κ3) is 4.39. The maximum Gasteiger partial charge on any atom is 0.387 e. The van der Waals surface area contributed by atoms with E-state index in [1.54, 1.807) is 31.2 Å². The predicted octanol–water partition coefficient (Wildman–Crippen LogP) is 2.01. The van der Waals surface area contributed by atoms with Gasteiger partial charge < -0.3 is 19.7 Å². The molecular weight excluding hydrogens is 306 g/mol. The molecule has 2 rings (SSSR count). The van der Waals surface area contributed by atoms with Gasteiger partial charge in [-0.3, -0.25) is 4.79 Å². The summed E-state index contributed by atoms with van der Waals surface area (Å²) in [6.45, 7) is -0.974. The summed E-state index contributed by atoms with van der Waals surface area (Å²) in [5.74, 6) is 0.0406. The number of ether oxygens (including phenoxy) is 2. The van der Waals surface area contributed by atoms with Crippen molar-refractivity contribution >= 4 is 5.91 Å². The highest BCUT2D eigenvalue weighted by molar-refractivity contribution is 5.85. The Morgan fingerprint density at radius 3 is 2.43 bits per heavy atom. The molecule has 0 unspecified atom stereocenters. The van der Waals surface area contributed by atoms with Gasteiger partial charge in [-0.2, -0.15) is 8.78 Å². The Hall–Kier alpha value is -1.73. The van der Waals surface area contributed by atoms with Crippen molar-refractivity contribution in [3.8, 4) is 5.75 Å². The summed E-state index contributed by atoms with van der Waals surface area (Å²) in [7, 11) is 3.28. The molecule has 7 heteroatoms. The number of nitrogens with one attached hydrogen (secondary N) is 1. The van der Waals surface area contributed by atoms with Crippen LogP contribution in [0.4, 0.5) is 8.78 Å². The molecule has 0 saturated carbocycles. The van der Waals surface area contributed by atoms with Crippen LogP contribution in [0, 0.1) is 0 Å². The number of piperidine rings is 1. The fourth-order valence-corrected chi connectivity index (χ4v) is 2.81. The highest BCUT2D eigenvalue weighted by Crippen LogP contribution is 2.25. The van der Waals surface area contributed by atoms with Gasteiger partial charge in [0.05, 0.1) is 0 Å². The van der Waals surface area contributed by atoms with Crippen molar-refractivity contribution in [2.45, 2.75) is 31.6 Å². The summed E-state index contributed by atoms with van der Waals surface area (Å²) >= 11 is 0. The zero-order chi connectivity index (χ0) is 16.9. The van der Waals surface area contributed by atoms with Gasteiger partial charge in [-0.25, -0.2) is 0 Å². The topological polar surface area (TPSA) is 50.8 Å². The maximum atomic E-state index is 12.7. The van der Waals surface area contributed by atoms with E-state index in [9.17, 15) is 13.6 Å². The van der Waals surface area contributed by atoms with Gasteiger partial charge in [-0.15, -0.1) is 0 Å². The van der Waals surface area contributed by atoms with Crippen molar-refractivity contribution in [1.29, 1.82) is 0 Å². The fraction of sp³-hybridized carbons (Fsp3) is 0.562. The Morgan fingerprint density at radius 2 is 1.91 bits per heavy atom. The molecule has 1 heterocycles. The largest absolute Gasteiger partial charge is 0.435 e. The molecule has 1 fully saturated rings. The zero-order valence-electron chi connectivity index (χ0n) is 13.4. The van der Waals surface area contributed by atoms with Gasteiger partial charge in [0.25, 0.3) is 5.91 Å². The second-order valence-corrected chi connectivity index (χ2v) is 5.63. The van der Waals surface area contributed by atoms with Gasteiger partial charge in [-0.05, 0) is 43.6 Å². The monoisotopic (exact) mass is 328 g/mol. The average Bonchev–Trinajstić information content (AvgIpc) is 2.56. The van der Waals surface area contributed by atoms with Crippen LogP contribution in [0.15, 0.2) is 24.3 Å². The van der Waals surface area contributed by atoms with Gasteiger partial charge in [0, 0.05) is 20.7 Å². The van der Waals surface area contributed by atoms with Gasteiger partial charge in [-0.1, -0.05) is 12.1 Å². The molecule has 1 amide bonds. The van der Waals surface area contributed by atoms with E-state index in [4.69, 9.17) is 4.74 Å². The van der Waals surface area contributed by atoms with E-state index in [-0.39, 0.29) is 11.7 Å². The number of amides is 1. The van der Waals surface area contributed by atoms with Gasteiger partial charge in [0.15, 0.2) is 0 Å². The lowest BCUT2D eigenvalue weighted by atomic mass is 9.90. The molecule has 1 N–H and O–H groups in total. The summed E-state index contributed by atoms with van der Waals surface area (Å²) in [5.41, 5.74) is 0.0568. The summed E-state index contributed by atoms with van der Waals surface area (Å²) in [4.78, 5) is 14.3. The number of methoxy groups -OCH3 is 1. The molecule has 5 nitrogen and oxygen atoms in total. The number of halogens is 2. The highest BCUT2D eigenvalue weighted by Gasteiger charge is 2.41. The number of nitrogens with zero attached hydrogens (tertiary/aromatic N) is 1. The van der Waals surface area contributed by atoms with Crippen LogP contribution in [0.1, 0.15) is 18.4 Å². The van der Waals surface area contributed by atoms with E-state index in [1.807, 2.05) is 0 Å². The van der Waals surface area contributed by atoms with Crippen LogP contribution in [0.3, 0.4) is 0 Å². The third-order valence-electron chi connectivity index (χ3n) is 4.11. The average molecular weight is 328 g/mol. The van der Waals surface area contributed by atoms with E-state index in [2.05, 4.69) is 10.1 Å². The smallest absolute Gasteiger partial charge is 0.387 e. The van der Waals surface area contributed by atoms with E-state index in [0.717, 1.165) is 18.7 Å². The van der Waals surface area contributed by atoms with Crippen molar-refractivity contribution in [1.82, 2.24) is 10.2 Å². The van der Waals surface area contributed by atoms with Crippen LogP contribution in [0.25, 0.3) is 0 Å². The molecule has 1 saturated heterocycles. The Labute approximate surface area is 134 Å². The molecule has 0 aliphatic carbocycles. The fourth-order valence-electron chi connectivity index (χ4n) is 2.81. The molecule has 23 heavy (non-hydrogen) atoms. The molecule has 1 aromatic rings. The third-order valence-corrected chi connectivity index (χ3v) is 4.11. The van der Waals surface area contributed by atoms with Crippen molar-refractivity contribution in [2.75, 3.05) is 27.2 Å². The van der Waals surface area contributed by atoms with Gasteiger partial charge in [0.2, 0.25) is 0 Å². The zero-order valence-corrected chi connectivity index (χ0v) is 13.4. The van der Waals surface area contributed by atoms with Crippen LogP contribution in [-0.4, -0.2) is 50.3 Å². The summed E-state index contributed by atoms with van der Waals surface area (Å²) < 4.78 is 34.1. The first-order chi connectivity index (χ1) is 11.0. The van der Waals surface area contributed by atoms with Gasteiger partial charge >= 0.3 is 6.61 Å². The van der Waals surface area contributed by atoms with Crippen LogP contribution < -0.4 is 10.1 Å². The van der Waals surface area contributed by atoms with Gasteiger partial charge in [0.1, 0.15) is 11.4 Å². The van der Waals surface area contributed by atoms with Crippen molar-refractivity contribution in [3.63, 3.8) is 0 Å². The second kappa shape index (κ2) is 7.70. The molecular formula is C16H22F2N2O3. The minimum atomic E-state index is -2.84. The number of rotatable bonds is 6. The molecule has 0 spiro atoms. The van der Waals surface area contributed by atoms with Crippen molar-refractivity contribution < 1.29 is 23.0 Å². The lowest BCUT2D eigenvalue weighted by Crippen LogP contribution is -2.54. The van der Waals surface area contributed by atoms with E-state index < -0.39 is 12.2 Å². The SMILES string of the molecule is COC1(C(=O)N(C)Cc2ccc(OC(F)F)cc2)CCNCC1. The number of likely N-dealkylation sites (N-methyl/N-ethyl adjacent to an activating group) is 1. The van der Waals surface area contributed by atoms with E-state index in [1.165, 1.54) is 12.1 Å². The first kappa shape index (κ1) is 17.6. The first-order valence-corrected chi connectivity index (χ1v) is 7.52. The summed E-state index contributed by atoms with van der Waals surface area (Å²) in [6.07, 6.45) is 1.27. The van der Waals surface area contributed by atoms with Crippen molar-refractivity contribution in [2.24, 2.45) is 0 Å². The van der Waals surface area contributed by atoms with Crippen molar-refractivity contribution in [3.05, 3.63) is 29.8 Å². The Kier molecular flexibility index (Phi) is 5.90. The normalized spacial score (nSPS) is 17.1. The molecule has 1 aromatic carbocycles. The molecule has 0 aromatic heterocycles. The van der Waals surface area contributed by atoms with E-state index in [0.29, 0.717) is 19.4 Å². The Bertz CT molecular complexity index is 517. The lowest BCUT2D eigenvalue weighted by molar-refractivity contribution is -0.157. The van der Waals surface area contributed by atoms with Crippen LogP contribution in [-0.2, 0) is 16.1 Å². The highest BCUT2D eigenvalue weighted by atomic mass is 19.3. The Morgan fingerprint density at radius 1 is 1.30 bits per heavy atom. The summed E-state index contributed by atoms with van der Waals surface area (Å²) in [5, 5.41) is 3.21. The van der Waals surface area contributed by atoms with Crippen LogP contribution >= 0.6 is 0 Å². The molecule has 1 aliphatic rings. The minimum Gasteiger partial charge on any atom is -0.435 e. The first-order valence-electron chi connectivity index (χ1n) is 7.52. The van der Waals surface area contributed by atoms with Crippen LogP contribution in [0.5, 0.6) is 5.75 Å². The number of hydrogen-bond acceptors (Lipinski definition) is 4. The predicted molar refractivity (Wildman–Crippen MR) is 81.4 cm³/mol. The van der Waals surface area contributed by atoms with E-state index >= 15 is 0 Å². The minimum absolute atomic E-state index is 0.0607. The number of hydrogen-bond donors (Lipinski definition) is 1. The standard InChI is InChI=1S/C16H22F2N2O3/c1-20(14(21)16(22-2)7-9-19-10-8-16)11-12-3-5-13(6-4-12)23-15(17)18/h3-6,15,19H,7-11H2,1-2H3. The Balaban J connectivity index is 2.00. The van der Waals surface area contributed by atoms with Crippen LogP contribution in [0.2, 0.25) is 0 Å². The number of carbonyl (C=O) groups excluding carboxylic acids is 1. The number of carbonyl (C=O) groups is 1. The molecule has 0 atom stereocenters. The number of benzene rings is 1. The maximum absolute atomic E-state index is 12.7. The molecule has 1 aliphatic heterocycles. The number of alkyl halides is 2. The quantitative estimate of drug-likeness (QED) is 0.868. The summed E-state index contributed by atoms with van der Waals surface area (Å²) in [6, 6.07) is 6.28. The molecule has 0 bridgehead atoms.